The second-order valence-corrected chi connectivity index (χ2v) is 26.5. The Labute approximate surface area is 495 Å². The summed E-state index contributed by atoms with van der Waals surface area (Å²) in [5.41, 5.74) is 26.0. The molecule has 0 aliphatic heterocycles. The highest BCUT2D eigenvalue weighted by molar-refractivity contribution is 6.29. The predicted octanol–water partition coefficient (Wildman–Crippen LogP) is 19.1. The van der Waals surface area contributed by atoms with Crippen LogP contribution in [-0.2, 0) is 21.7 Å². The summed E-state index contributed by atoms with van der Waals surface area (Å²) < 4.78 is 0. The number of ketones is 1. The number of carbonyl (C=O) groups excluding carboxylic acids is 1. The van der Waals surface area contributed by atoms with Crippen molar-refractivity contribution in [3.05, 3.63) is 329 Å². The molecule has 11 aromatic rings. The van der Waals surface area contributed by atoms with Gasteiger partial charge < -0.3 is 0 Å². The molecule has 84 heavy (non-hydrogen) atoms. The van der Waals surface area contributed by atoms with E-state index in [1.54, 1.807) is 0 Å². The maximum absolute atomic E-state index is 16.6. The van der Waals surface area contributed by atoms with E-state index in [1.165, 1.54) is 94.6 Å². The largest absolute Gasteiger partial charge is 0.289 e. The first-order valence-corrected chi connectivity index (χ1v) is 29.9. The Balaban J connectivity index is 1.04. The smallest absolute Gasteiger partial charge is 0.194 e. The summed E-state index contributed by atoms with van der Waals surface area (Å²) in [5.74, 6) is 16.1. The van der Waals surface area contributed by atoms with Crippen LogP contribution in [-0.4, -0.2) is 5.78 Å². The van der Waals surface area contributed by atoms with Crippen molar-refractivity contribution in [3.63, 3.8) is 0 Å². The zero-order valence-corrected chi connectivity index (χ0v) is 49.7. The quantitative estimate of drug-likeness (QED) is 0.0979. The summed E-state index contributed by atoms with van der Waals surface area (Å²) >= 11 is 0. The number of rotatable bonds is 3. The molecule has 11 aromatic carbocycles. The summed E-state index contributed by atoms with van der Waals surface area (Å²) in [4.78, 5) is 16.6. The van der Waals surface area contributed by atoms with Crippen LogP contribution >= 0.6 is 0 Å². The van der Waals surface area contributed by atoms with E-state index in [2.05, 4.69) is 299 Å². The Hall–Kier alpha value is -9.27. The lowest BCUT2D eigenvalue weighted by Crippen LogP contribution is -2.41. The van der Waals surface area contributed by atoms with E-state index in [0.717, 1.165) is 54.9 Å². The zero-order chi connectivity index (χ0) is 57.8. The highest BCUT2D eigenvalue weighted by Crippen LogP contribution is 2.60. The van der Waals surface area contributed by atoms with E-state index in [-0.39, 0.29) is 28.4 Å². The fourth-order valence-electron chi connectivity index (χ4n) is 15.7. The Bertz CT molecular complexity index is 4340. The number of fused-ring (bicyclic) bond motifs is 2. The monoisotopic (exact) mass is 1080 g/mol. The molecule has 6 aliphatic carbocycles. The second-order valence-electron chi connectivity index (χ2n) is 26.5. The van der Waals surface area contributed by atoms with Crippen molar-refractivity contribution >= 4 is 27.3 Å². The lowest BCUT2D eigenvalue weighted by atomic mass is 9.53. The van der Waals surface area contributed by atoms with Gasteiger partial charge in [-0.05, 0) is 196 Å². The topological polar surface area (TPSA) is 17.1 Å². The van der Waals surface area contributed by atoms with Gasteiger partial charge in [0.2, 0.25) is 0 Å². The first kappa shape index (κ1) is 51.6. The molecule has 17 rings (SSSR count). The Kier molecular flexibility index (Phi) is 11.3. The summed E-state index contributed by atoms with van der Waals surface area (Å²) in [6.07, 6.45) is 0. The molecule has 0 unspecified atom stereocenters. The average Bonchev–Trinajstić information content (AvgIpc) is 1.90. The molecular weight excluding hydrogens is 1010 g/mol. The molecule has 0 radical (unpaired) electrons. The fourth-order valence-corrected chi connectivity index (χ4v) is 15.7. The van der Waals surface area contributed by atoms with E-state index in [1.807, 2.05) is 0 Å². The SMILES string of the molecule is Cc1cc(C(C)(C)C)cc(C)c1C(=O)c1c2cc(C#CC34c5ccccc5C(c5ccccc53)c3ccccc34)ccc2c(-c2c(C)cc(C(C)(C)C)cc2C)c2ccc(C#CC34c5ccccc5C(c5ccccc53)c3ccccc34)cc12. The lowest BCUT2D eigenvalue weighted by Gasteiger charge is -2.48. The van der Waals surface area contributed by atoms with Crippen molar-refractivity contribution in [1.82, 2.24) is 0 Å². The highest BCUT2D eigenvalue weighted by Gasteiger charge is 2.52. The molecule has 0 N–H and O–H groups in total. The van der Waals surface area contributed by atoms with Gasteiger partial charge in [-0.3, -0.25) is 4.79 Å². The van der Waals surface area contributed by atoms with Crippen LogP contribution in [0.5, 0.6) is 0 Å². The minimum Gasteiger partial charge on any atom is -0.289 e. The molecular formula is C83H66O. The van der Waals surface area contributed by atoms with Gasteiger partial charge >= 0.3 is 0 Å². The van der Waals surface area contributed by atoms with Gasteiger partial charge in [-0.1, -0.05) is 247 Å². The van der Waals surface area contributed by atoms with E-state index in [4.69, 9.17) is 0 Å². The summed E-state index contributed by atoms with van der Waals surface area (Å²) in [5, 5.41) is 3.80. The molecule has 0 amide bonds. The van der Waals surface area contributed by atoms with Gasteiger partial charge in [0.15, 0.2) is 5.78 Å². The molecule has 1 nitrogen and oxygen atoms in total. The van der Waals surface area contributed by atoms with Crippen LogP contribution in [0.2, 0.25) is 0 Å². The van der Waals surface area contributed by atoms with Crippen molar-refractivity contribution < 1.29 is 4.79 Å². The number of benzene rings is 11. The molecule has 0 spiro atoms. The average molecular weight is 1080 g/mol. The molecule has 0 atom stereocenters. The van der Waals surface area contributed by atoms with E-state index in [0.29, 0.717) is 5.56 Å². The Morgan fingerprint density at radius 3 is 0.952 bits per heavy atom. The third kappa shape index (κ3) is 7.28. The first-order valence-electron chi connectivity index (χ1n) is 29.9. The van der Waals surface area contributed by atoms with Crippen molar-refractivity contribution in [1.29, 1.82) is 0 Å². The summed E-state index contributed by atoms with van der Waals surface area (Å²) in [7, 11) is 0. The highest BCUT2D eigenvalue weighted by atomic mass is 16.1. The third-order valence-corrected chi connectivity index (χ3v) is 19.5. The summed E-state index contributed by atoms with van der Waals surface area (Å²) in [6, 6.07) is 76.1. The zero-order valence-electron chi connectivity index (χ0n) is 49.7. The number of carbonyl (C=O) groups is 1. The lowest BCUT2D eigenvalue weighted by molar-refractivity contribution is 0.104. The fraction of sp³-hybridized carbons (Fsp3) is 0.193. The van der Waals surface area contributed by atoms with Crippen LogP contribution in [0.4, 0.5) is 0 Å². The van der Waals surface area contributed by atoms with Crippen LogP contribution in [0.15, 0.2) is 206 Å². The van der Waals surface area contributed by atoms with Crippen molar-refractivity contribution in [2.45, 2.75) is 103 Å². The van der Waals surface area contributed by atoms with Crippen LogP contribution in [0.25, 0.3) is 32.7 Å². The molecule has 6 aliphatic rings. The van der Waals surface area contributed by atoms with Crippen LogP contribution < -0.4 is 0 Å². The van der Waals surface area contributed by atoms with E-state index >= 15 is 4.79 Å². The predicted molar refractivity (Wildman–Crippen MR) is 347 cm³/mol. The Morgan fingerprint density at radius 1 is 0.345 bits per heavy atom. The molecule has 0 aromatic heterocycles. The van der Waals surface area contributed by atoms with Crippen molar-refractivity contribution in [2.24, 2.45) is 0 Å². The molecule has 0 saturated carbocycles. The standard InChI is InChI=1S/C83H66O/c1-49-43-55(80(5,6)7)44-50(2)73(49)77-57-37-35-53(39-41-82-67-29-17-11-23-59(67)75(60-24-12-18-30-68(60)82)61-25-13-19-31-69(61)82)47-65(57)78(79(84)74-51(3)45-56(46-52(74)4)81(8,9)10)66-48-54(36-38-58(66)77)40-42-83-70-32-20-14-26-62(70)76(63-27-15-21-33-71(63)83)64-28-16-22-34-72(64)83/h11-38,43-48,75-76H,1-10H3. The van der Waals surface area contributed by atoms with Gasteiger partial charge in [-0.25, -0.2) is 0 Å². The number of hydrogen-bond acceptors (Lipinski definition) is 1. The Morgan fingerprint density at radius 2 is 0.643 bits per heavy atom. The molecule has 0 heterocycles. The normalized spacial score (nSPS) is 18.3. The minimum absolute atomic E-state index is 0.000657. The van der Waals surface area contributed by atoms with Gasteiger partial charge in [0.1, 0.15) is 10.8 Å². The van der Waals surface area contributed by atoms with Gasteiger partial charge in [0.25, 0.3) is 0 Å². The van der Waals surface area contributed by atoms with Crippen LogP contribution in [0.3, 0.4) is 0 Å². The molecule has 0 saturated heterocycles. The maximum atomic E-state index is 16.6. The van der Waals surface area contributed by atoms with E-state index in [9.17, 15) is 0 Å². The van der Waals surface area contributed by atoms with Gasteiger partial charge in [-0.15, -0.1) is 0 Å². The summed E-state index contributed by atoms with van der Waals surface area (Å²) in [6.45, 7) is 22.3. The third-order valence-electron chi connectivity index (χ3n) is 19.5. The minimum atomic E-state index is -0.709. The molecule has 1 heteroatoms. The van der Waals surface area contributed by atoms with E-state index < -0.39 is 10.8 Å². The molecule has 404 valence electrons. The van der Waals surface area contributed by atoms with Gasteiger partial charge in [0.05, 0.1) is 0 Å². The van der Waals surface area contributed by atoms with Gasteiger partial charge in [-0.2, -0.15) is 0 Å². The van der Waals surface area contributed by atoms with Gasteiger partial charge in [0, 0.05) is 34.1 Å². The second kappa shape index (κ2) is 18.4. The van der Waals surface area contributed by atoms with Crippen LogP contribution in [0, 0.1) is 51.4 Å². The molecule has 0 fully saturated rings. The first-order chi connectivity index (χ1) is 40.5. The number of aryl methyl sites for hydroxylation is 4. The van der Waals surface area contributed by atoms with Crippen molar-refractivity contribution in [2.75, 3.05) is 0 Å². The van der Waals surface area contributed by atoms with Crippen molar-refractivity contribution in [3.8, 4) is 34.8 Å². The molecule has 4 bridgehead atoms. The number of hydrogen-bond donors (Lipinski definition) is 0. The maximum Gasteiger partial charge on any atom is 0.194 e. The van der Waals surface area contributed by atoms with Crippen LogP contribution in [0.1, 0.15) is 181 Å².